The fraction of sp³-hybridized carbons (Fsp3) is 0.333. The molecule has 0 aliphatic carbocycles. The van der Waals surface area contributed by atoms with Gasteiger partial charge in [0.1, 0.15) is 0 Å². The zero-order valence-electron chi connectivity index (χ0n) is 13.2. The van der Waals surface area contributed by atoms with Crippen molar-refractivity contribution < 1.29 is 4.79 Å². The van der Waals surface area contributed by atoms with Crippen molar-refractivity contribution in [2.45, 2.75) is 13.5 Å². The van der Waals surface area contributed by atoms with Crippen molar-refractivity contribution in [2.24, 2.45) is 0 Å². The molecule has 1 aromatic carbocycles. The number of hydrogen-bond acceptors (Lipinski definition) is 3. The zero-order chi connectivity index (χ0) is 16.2. The first-order valence-corrected chi connectivity index (χ1v) is 8.59. The molecule has 0 atom stereocenters. The average Bonchev–Trinajstić information content (AvgIpc) is 2.57. The molecule has 1 amide bonds. The van der Waals surface area contributed by atoms with Gasteiger partial charge in [0, 0.05) is 49.6 Å². The van der Waals surface area contributed by atoms with E-state index < -0.39 is 0 Å². The second-order valence-electron chi connectivity index (χ2n) is 5.89. The van der Waals surface area contributed by atoms with E-state index in [2.05, 4.69) is 57.0 Å². The van der Waals surface area contributed by atoms with Gasteiger partial charge < -0.3 is 4.90 Å². The maximum atomic E-state index is 12.5. The summed E-state index contributed by atoms with van der Waals surface area (Å²) in [6.45, 7) is 6.43. The van der Waals surface area contributed by atoms with E-state index in [1.54, 1.807) is 12.4 Å². The molecule has 0 unspecified atom stereocenters. The normalized spacial score (nSPS) is 15.7. The van der Waals surface area contributed by atoms with Crippen molar-refractivity contribution in [1.82, 2.24) is 14.8 Å². The fourth-order valence-corrected chi connectivity index (χ4v) is 3.21. The molecule has 0 bridgehead atoms. The molecule has 0 radical (unpaired) electrons. The van der Waals surface area contributed by atoms with Gasteiger partial charge in [-0.1, -0.05) is 24.3 Å². The molecule has 1 aliphatic heterocycles. The van der Waals surface area contributed by atoms with Crippen LogP contribution < -0.4 is 0 Å². The second-order valence-corrected chi connectivity index (χ2v) is 6.80. The van der Waals surface area contributed by atoms with Gasteiger partial charge >= 0.3 is 0 Å². The predicted molar refractivity (Wildman–Crippen MR) is 94.3 cm³/mol. The third-order valence-electron chi connectivity index (χ3n) is 4.27. The Bertz CT molecular complexity index is 696. The summed E-state index contributed by atoms with van der Waals surface area (Å²) in [5.74, 6) is 0.0642. The van der Waals surface area contributed by atoms with Gasteiger partial charge in [0.2, 0.25) is 0 Å². The Morgan fingerprint density at radius 3 is 2.61 bits per heavy atom. The average molecular weight is 374 g/mol. The molecule has 1 aromatic heterocycles. The Morgan fingerprint density at radius 2 is 1.91 bits per heavy atom. The summed E-state index contributed by atoms with van der Waals surface area (Å²) in [6.07, 6.45) is 3.32. The number of carbonyl (C=O) groups is 1. The zero-order valence-corrected chi connectivity index (χ0v) is 14.8. The number of halogens is 1. The minimum atomic E-state index is 0.0642. The van der Waals surface area contributed by atoms with E-state index in [0.29, 0.717) is 5.56 Å². The third kappa shape index (κ3) is 3.98. The molecule has 23 heavy (non-hydrogen) atoms. The molecule has 5 heteroatoms. The highest BCUT2D eigenvalue weighted by atomic mass is 79.9. The molecular weight excluding hydrogens is 354 g/mol. The molecule has 1 saturated heterocycles. The van der Waals surface area contributed by atoms with Crippen LogP contribution in [-0.2, 0) is 6.54 Å². The smallest absolute Gasteiger partial charge is 0.255 e. The van der Waals surface area contributed by atoms with Crippen LogP contribution in [0, 0.1) is 6.92 Å². The first-order valence-electron chi connectivity index (χ1n) is 7.80. The largest absolute Gasteiger partial charge is 0.336 e. The minimum absolute atomic E-state index is 0.0642. The van der Waals surface area contributed by atoms with Crippen LogP contribution in [0.1, 0.15) is 21.5 Å². The van der Waals surface area contributed by atoms with E-state index in [-0.39, 0.29) is 5.91 Å². The maximum Gasteiger partial charge on any atom is 0.255 e. The van der Waals surface area contributed by atoms with Crippen molar-refractivity contribution >= 4 is 21.8 Å². The molecule has 120 valence electrons. The lowest BCUT2D eigenvalue weighted by Gasteiger charge is -2.35. The van der Waals surface area contributed by atoms with Gasteiger partial charge in [-0.05, 0) is 40.0 Å². The van der Waals surface area contributed by atoms with Crippen LogP contribution in [0.25, 0.3) is 0 Å². The van der Waals surface area contributed by atoms with Crippen LogP contribution in [0.15, 0.2) is 47.2 Å². The lowest BCUT2D eigenvalue weighted by molar-refractivity contribution is 0.0627. The Hall–Kier alpha value is -1.72. The van der Waals surface area contributed by atoms with Crippen LogP contribution in [0.3, 0.4) is 0 Å². The number of hydrogen-bond donors (Lipinski definition) is 0. The fourth-order valence-electron chi connectivity index (χ4n) is 2.85. The number of carbonyl (C=O) groups excluding carboxylic acids is 1. The molecule has 1 aliphatic rings. The number of piperazine rings is 1. The third-order valence-corrected chi connectivity index (χ3v) is 4.70. The highest BCUT2D eigenvalue weighted by Crippen LogP contribution is 2.15. The second kappa shape index (κ2) is 7.23. The number of benzene rings is 1. The van der Waals surface area contributed by atoms with Gasteiger partial charge in [0.05, 0.1) is 5.56 Å². The van der Waals surface area contributed by atoms with E-state index in [0.717, 1.165) is 37.2 Å². The predicted octanol–water partition coefficient (Wildman–Crippen LogP) is 3.11. The molecule has 0 N–H and O–H groups in total. The maximum absolute atomic E-state index is 12.5. The summed E-state index contributed by atoms with van der Waals surface area (Å²) in [5, 5.41) is 0. The van der Waals surface area contributed by atoms with E-state index in [4.69, 9.17) is 0 Å². The Kier molecular flexibility index (Phi) is 5.08. The number of rotatable bonds is 3. The highest BCUT2D eigenvalue weighted by molar-refractivity contribution is 9.10. The van der Waals surface area contributed by atoms with Gasteiger partial charge in [-0.2, -0.15) is 0 Å². The van der Waals surface area contributed by atoms with Gasteiger partial charge in [0.15, 0.2) is 0 Å². The van der Waals surface area contributed by atoms with Crippen molar-refractivity contribution in [1.29, 1.82) is 0 Å². The number of nitrogens with zero attached hydrogens (tertiary/aromatic N) is 3. The molecule has 1 fully saturated rings. The Morgan fingerprint density at radius 1 is 1.17 bits per heavy atom. The van der Waals surface area contributed by atoms with Gasteiger partial charge in [-0.3, -0.25) is 14.7 Å². The summed E-state index contributed by atoms with van der Waals surface area (Å²) < 4.78 is 0.835. The van der Waals surface area contributed by atoms with Crippen molar-refractivity contribution in [3.05, 3.63) is 63.9 Å². The van der Waals surface area contributed by atoms with E-state index >= 15 is 0 Å². The SMILES string of the molecule is Cc1ccccc1CN1CCN(C(=O)c2cncc(Br)c2)CC1. The van der Waals surface area contributed by atoms with E-state index in [1.165, 1.54) is 11.1 Å². The molecular formula is C18H20BrN3O. The van der Waals surface area contributed by atoms with E-state index in [9.17, 15) is 4.79 Å². The van der Waals surface area contributed by atoms with Crippen molar-refractivity contribution in [3.63, 3.8) is 0 Å². The standard InChI is InChI=1S/C18H20BrN3O/c1-14-4-2-3-5-15(14)13-21-6-8-22(9-7-21)18(23)16-10-17(19)12-20-11-16/h2-5,10-12H,6-9,13H2,1H3. The summed E-state index contributed by atoms with van der Waals surface area (Å²) in [5.41, 5.74) is 3.33. The quantitative estimate of drug-likeness (QED) is 0.829. The monoisotopic (exact) mass is 373 g/mol. The van der Waals surface area contributed by atoms with Crippen LogP contribution in [0.4, 0.5) is 0 Å². The molecule has 3 rings (SSSR count). The molecule has 2 aromatic rings. The Labute approximate surface area is 145 Å². The summed E-state index contributed by atoms with van der Waals surface area (Å²) >= 11 is 3.37. The van der Waals surface area contributed by atoms with Gasteiger partial charge in [-0.15, -0.1) is 0 Å². The molecule has 0 saturated carbocycles. The van der Waals surface area contributed by atoms with Crippen LogP contribution >= 0.6 is 15.9 Å². The number of aryl methyl sites for hydroxylation is 1. The first kappa shape index (κ1) is 16.1. The first-order chi connectivity index (χ1) is 11.1. The van der Waals surface area contributed by atoms with Gasteiger partial charge in [0.25, 0.3) is 5.91 Å². The number of amides is 1. The summed E-state index contributed by atoms with van der Waals surface area (Å²) in [7, 11) is 0. The van der Waals surface area contributed by atoms with Gasteiger partial charge in [-0.25, -0.2) is 0 Å². The van der Waals surface area contributed by atoms with Crippen molar-refractivity contribution in [3.8, 4) is 0 Å². The summed E-state index contributed by atoms with van der Waals surface area (Å²) in [6, 6.07) is 10.3. The molecule has 2 heterocycles. The van der Waals surface area contributed by atoms with E-state index in [1.807, 2.05) is 11.0 Å². The molecule has 4 nitrogen and oxygen atoms in total. The van der Waals surface area contributed by atoms with Crippen LogP contribution in [0.5, 0.6) is 0 Å². The van der Waals surface area contributed by atoms with Crippen LogP contribution in [-0.4, -0.2) is 46.9 Å². The summed E-state index contributed by atoms with van der Waals surface area (Å²) in [4.78, 5) is 20.9. The minimum Gasteiger partial charge on any atom is -0.336 e. The van der Waals surface area contributed by atoms with Crippen molar-refractivity contribution in [2.75, 3.05) is 26.2 Å². The van der Waals surface area contributed by atoms with Crippen LogP contribution in [0.2, 0.25) is 0 Å². The Balaban J connectivity index is 1.58. The highest BCUT2D eigenvalue weighted by Gasteiger charge is 2.22. The topological polar surface area (TPSA) is 36.4 Å². The number of pyridine rings is 1. The lowest BCUT2D eigenvalue weighted by atomic mass is 10.1. The molecule has 0 spiro atoms. The lowest BCUT2D eigenvalue weighted by Crippen LogP contribution is -2.48. The number of aromatic nitrogens is 1.